The van der Waals surface area contributed by atoms with Crippen LogP contribution in [0.1, 0.15) is 31.5 Å². The number of H-pyrrole nitrogens is 2. The average molecular weight is 362 g/mol. The predicted molar refractivity (Wildman–Crippen MR) is 96.3 cm³/mol. The van der Waals surface area contributed by atoms with Gasteiger partial charge in [0.1, 0.15) is 21.5 Å². The van der Waals surface area contributed by atoms with Gasteiger partial charge in [-0.2, -0.15) is 0 Å². The molecule has 7 nitrogen and oxygen atoms in total. The fraction of sp³-hybridized carbons (Fsp3) is 0.647. The third-order valence-electron chi connectivity index (χ3n) is 5.77. The molecule has 8 heteroatoms. The number of aromatic amines is 2. The smallest absolute Gasteiger partial charge is 0.330 e. The molecule has 3 atom stereocenters. The van der Waals surface area contributed by atoms with Gasteiger partial charge >= 0.3 is 5.69 Å². The number of nitrogens with zero attached hydrogens (tertiary/aromatic N) is 2. The van der Waals surface area contributed by atoms with Crippen LogP contribution in [-0.4, -0.2) is 33.2 Å². The molecule has 4 rings (SSSR count). The standard InChI is InChI=1S/C17H22N4O3S/c1-24-5-4-21-14-13(15(22)20-17(21)23)16(25)19-12(18-14)8-11-7-9-2-3-10(11)6-9/h9-11H,2-8H2,1H3,(H,18,19,25)(H,20,22,23). The van der Waals surface area contributed by atoms with Crippen LogP contribution in [0.3, 0.4) is 0 Å². The molecule has 0 amide bonds. The van der Waals surface area contributed by atoms with E-state index in [1.54, 1.807) is 7.11 Å². The number of ether oxygens (including phenoxy) is 1. The van der Waals surface area contributed by atoms with Gasteiger partial charge < -0.3 is 9.72 Å². The minimum Gasteiger partial charge on any atom is -0.383 e. The van der Waals surface area contributed by atoms with Crippen molar-refractivity contribution in [2.75, 3.05) is 13.7 Å². The first-order valence-corrected chi connectivity index (χ1v) is 9.22. The highest BCUT2D eigenvalue weighted by molar-refractivity contribution is 7.71. The molecule has 0 aliphatic heterocycles. The zero-order chi connectivity index (χ0) is 17.6. The Morgan fingerprint density at radius 2 is 2.12 bits per heavy atom. The minimum atomic E-state index is -0.492. The Morgan fingerprint density at radius 1 is 1.28 bits per heavy atom. The summed E-state index contributed by atoms with van der Waals surface area (Å²) >= 11 is 5.35. The second-order valence-corrected chi connectivity index (χ2v) is 7.64. The summed E-state index contributed by atoms with van der Waals surface area (Å²) in [5, 5.41) is 0.266. The van der Waals surface area contributed by atoms with Crippen LogP contribution >= 0.6 is 12.2 Å². The first-order chi connectivity index (χ1) is 12.1. The molecule has 25 heavy (non-hydrogen) atoms. The Balaban J connectivity index is 1.78. The second kappa shape index (κ2) is 6.49. The van der Waals surface area contributed by atoms with Crippen molar-refractivity contribution in [3.8, 4) is 0 Å². The number of rotatable bonds is 5. The van der Waals surface area contributed by atoms with Gasteiger partial charge in [-0.3, -0.25) is 14.3 Å². The summed E-state index contributed by atoms with van der Waals surface area (Å²) < 4.78 is 6.80. The van der Waals surface area contributed by atoms with Gasteiger partial charge in [-0.05, 0) is 37.0 Å². The van der Waals surface area contributed by atoms with Gasteiger partial charge in [0.2, 0.25) is 0 Å². The lowest BCUT2D eigenvalue weighted by molar-refractivity contribution is 0.187. The number of fused-ring (bicyclic) bond motifs is 3. The molecule has 2 aliphatic carbocycles. The normalized spacial score (nSPS) is 25.1. The van der Waals surface area contributed by atoms with E-state index in [-0.39, 0.29) is 10.0 Å². The molecule has 134 valence electrons. The van der Waals surface area contributed by atoms with Crippen molar-refractivity contribution >= 4 is 23.3 Å². The van der Waals surface area contributed by atoms with Gasteiger partial charge in [0.15, 0.2) is 0 Å². The summed E-state index contributed by atoms with van der Waals surface area (Å²) in [5.41, 5.74) is -0.505. The number of hydrogen-bond acceptors (Lipinski definition) is 5. The van der Waals surface area contributed by atoms with Crippen molar-refractivity contribution in [2.24, 2.45) is 17.8 Å². The van der Waals surface area contributed by atoms with Crippen LogP contribution in [0, 0.1) is 22.4 Å². The van der Waals surface area contributed by atoms with E-state index in [4.69, 9.17) is 17.0 Å². The topological polar surface area (TPSA) is 92.8 Å². The zero-order valence-electron chi connectivity index (χ0n) is 14.2. The first kappa shape index (κ1) is 16.7. The fourth-order valence-electron chi connectivity index (χ4n) is 4.61. The maximum absolute atomic E-state index is 12.2. The monoisotopic (exact) mass is 362 g/mol. The van der Waals surface area contributed by atoms with E-state index in [9.17, 15) is 9.59 Å². The first-order valence-electron chi connectivity index (χ1n) is 8.81. The van der Waals surface area contributed by atoms with Crippen LogP contribution < -0.4 is 11.2 Å². The lowest BCUT2D eigenvalue weighted by atomic mass is 9.86. The maximum atomic E-state index is 12.2. The molecule has 0 aromatic carbocycles. The van der Waals surface area contributed by atoms with Crippen molar-refractivity contribution in [1.29, 1.82) is 0 Å². The molecular formula is C17H22N4O3S. The van der Waals surface area contributed by atoms with Crippen molar-refractivity contribution in [1.82, 2.24) is 19.5 Å². The average Bonchev–Trinajstić information content (AvgIpc) is 3.16. The van der Waals surface area contributed by atoms with Crippen LogP contribution in [0.25, 0.3) is 11.0 Å². The van der Waals surface area contributed by atoms with Gasteiger partial charge in [0.25, 0.3) is 5.56 Å². The maximum Gasteiger partial charge on any atom is 0.330 e. The number of aromatic nitrogens is 4. The van der Waals surface area contributed by atoms with Crippen LogP contribution in [-0.2, 0) is 17.7 Å². The molecule has 2 fully saturated rings. The molecule has 2 bridgehead atoms. The van der Waals surface area contributed by atoms with E-state index >= 15 is 0 Å². The van der Waals surface area contributed by atoms with Gasteiger partial charge in [-0.15, -0.1) is 0 Å². The van der Waals surface area contributed by atoms with Gasteiger partial charge in [-0.1, -0.05) is 18.6 Å². The number of nitrogens with one attached hydrogen (secondary N) is 2. The lowest BCUT2D eigenvalue weighted by Crippen LogP contribution is -2.32. The summed E-state index contributed by atoms with van der Waals surface area (Å²) in [6.45, 7) is 0.706. The third kappa shape index (κ3) is 2.97. The molecule has 2 heterocycles. The summed E-state index contributed by atoms with van der Waals surface area (Å²) in [6.07, 6.45) is 6.07. The van der Waals surface area contributed by atoms with Crippen molar-refractivity contribution in [3.05, 3.63) is 31.3 Å². The van der Waals surface area contributed by atoms with E-state index in [0.717, 1.165) is 24.1 Å². The Hall–Kier alpha value is -1.80. The van der Waals surface area contributed by atoms with Gasteiger partial charge in [0.05, 0.1) is 13.2 Å². The molecule has 2 aliphatic rings. The highest BCUT2D eigenvalue weighted by Gasteiger charge is 2.39. The molecule has 0 spiro atoms. The second-order valence-electron chi connectivity index (χ2n) is 7.26. The molecule has 2 N–H and O–H groups in total. The molecular weight excluding hydrogens is 340 g/mol. The quantitative estimate of drug-likeness (QED) is 0.791. The number of hydrogen-bond donors (Lipinski definition) is 2. The van der Waals surface area contributed by atoms with Crippen LogP contribution in [0.15, 0.2) is 9.59 Å². The molecule has 2 saturated carbocycles. The Bertz CT molecular complexity index is 976. The summed E-state index contributed by atoms with van der Waals surface area (Å²) in [6, 6.07) is 0. The predicted octanol–water partition coefficient (Wildman–Crippen LogP) is 1.77. The molecule has 2 aromatic rings. The van der Waals surface area contributed by atoms with Crippen molar-refractivity contribution in [3.63, 3.8) is 0 Å². The molecule has 0 saturated heterocycles. The summed E-state index contributed by atoms with van der Waals surface area (Å²) in [7, 11) is 1.57. The fourth-order valence-corrected chi connectivity index (χ4v) is 4.91. The van der Waals surface area contributed by atoms with E-state index in [1.807, 2.05) is 0 Å². The largest absolute Gasteiger partial charge is 0.383 e. The highest BCUT2D eigenvalue weighted by atomic mass is 32.1. The highest BCUT2D eigenvalue weighted by Crippen LogP contribution is 2.49. The minimum absolute atomic E-state index is 0.249. The Kier molecular flexibility index (Phi) is 4.33. The van der Waals surface area contributed by atoms with Gasteiger partial charge in [0, 0.05) is 13.5 Å². The SMILES string of the molecule is COCCn1c(=O)[nH]c(=O)c2c(=S)nc(CC3CC4CCC3C4)[nH]c21. The zero-order valence-corrected chi connectivity index (χ0v) is 15.0. The van der Waals surface area contributed by atoms with Crippen LogP contribution in [0.5, 0.6) is 0 Å². The van der Waals surface area contributed by atoms with Gasteiger partial charge in [-0.25, -0.2) is 9.78 Å². The van der Waals surface area contributed by atoms with E-state index in [2.05, 4.69) is 15.0 Å². The third-order valence-corrected chi connectivity index (χ3v) is 6.07. The summed E-state index contributed by atoms with van der Waals surface area (Å²) in [5.74, 6) is 3.03. The van der Waals surface area contributed by atoms with E-state index in [0.29, 0.717) is 24.7 Å². The Morgan fingerprint density at radius 3 is 2.80 bits per heavy atom. The lowest BCUT2D eigenvalue weighted by Gasteiger charge is -2.21. The van der Waals surface area contributed by atoms with Crippen LogP contribution in [0.4, 0.5) is 0 Å². The van der Waals surface area contributed by atoms with E-state index < -0.39 is 11.2 Å². The van der Waals surface area contributed by atoms with Crippen molar-refractivity contribution in [2.45, 2.75) is 38.6 Å². The number of methoxy groups -OCH3 is 1. The molecule has 0 radical (unpaired) electrons. The van der Waals surface area contributed by atoms with Crippen LogP contribution in [0.2, 0.25) is 0 Å². The molecule has 2 aromatic heterocycles. The Labute approximate surface area is 149 Å². The summed E-state index contributed by atoms with van der Waals surface area (Å²) in [4.78, 5) is 34.4. The van der Waals surface area contributed by atoms with Crippen molar-refractivity contribution < 1.29 is 4.74 Å². The van der Waals surface area contributed by atoms with E-state index in [1.165, 1.54) is 30.3 Å². The molecule has 3 unspecified atom stereocenters.